The lowest BCUT2D eigenvalue weighted by Gasteiger charge is -2.13. The molecule has 0 saturated carbocycles. The minimum Gasteiger partial charge on any atom is -0.493 e. The van der Waals surface area contributed by atoms with E-state index in [1.165, 1.54) is 0 Å². The van der Waals surface area contributed by atoms with Crippen molar-refractivity contribution in [2.45, 2.75) is 19.3 Å². The van der Waals surface area contributed by atoms with Crippen LogP contribution in [0.4, 0.5) is 5.69 Å². The Morgan fingerprint density at radius 1 is 1.05 bits per heavy atom. The fourth-order valence-corrected chi connectivity index (χ4v) is 2.30. The van der Waals surface area contributed by atoms with E-state index in [0.29, 0.717) is 23.6 Å². The van der Waals surface area contributed by atoms with Crippen molar-refractivity contribution in [3.05, 3.63) is 54.1 Å². The average Bonchev–Trinajstić information content (AvgIpc) is 2.55. The zero-order valence-electron chi connectivity index (χ0n) is 13.1. The summed E-state index contributed by atoms with van der Waals surface area (Å²) in [4.78, 5) is 12.2. The highest BCUT2D eigenvalue weighted by Gasteiger charge is 2.12. The number of benzene rings is 2. The first kappa shape index (κ1) is 15.9. The maximum Gasteiger partial charge on any atom is 0.224 e. The van der Waals surface area contributed by atoms with Gasteiger partial charge in [-0.3, -0.25) is 4.79 Å². The standard InChI is InChI=1S/C18H21NO3/c1-13(14-7-5-4-6-8-14)11-18(20)19-15-9-10-16(21-2)17(12-15)22-3/h4-10,12-13H,11H2,1-3H3,(H,19,20)/t13-/m1/s1. The van der Waals surface area contributed by atoms with E-state index in [2.05, 4.69) is 5.32 Å². The predicted octanol–water partition coefficient (Wildman–Crippen LogP) is 3.84. The summed E-state index contributed by atoms with van der Waals surface area (Å²) in [5.41, 5.74) is 1.85. The quantitative estimate of drug-likeness (QED) is 0.881. The fourth-order valence-electron chi connectivity index (χ4n) is 2.30. The van der Waals surface area contributed by atoms with Gasteiger partial charge in [0.25, 0.3) is 0 Å². The molecule has 0 radical (unpaired) electrons. The molecule has 4 nitrogen and oxygen atoms in total. The van der Waals surface area contributed by atoms with Gasteiger partial charge in [-0.2, -0.15) is 0 Å². The van der Waals surface area contributed by atoms with Gasteiger partial charge < -0.3 is 14.8 Å². The number of carbonyl (C=O) groups is 1. The Labute approximate surface area is 131 Å². The van der Waals surface area contributed by atoms with Crippen molar-refractivity contribution < 1.29 is 14.3 Å². The van der Waals surface area contributed by atoms with Gasteiger partial charge in [0.05, 0.1) is 14.2 Å². The molecule has 0 spiro atoms. The van der Waals surface area contributed by atoms with Gasteiger partial charge in [-0.15, -0.1) is 0 Å². The van der Waals surface area contributed by atoms with Crippen LogP contribution in [-0.4, -0.2) is 20.1 Å². The zero-order valence-corrected chi connectivity index (χ0v) is 13.1. The number of ether oxygens (including phenoxy) is 2. The minimum atomic E-state index is -0.0245. The largest absolute Gasteiger partial charge is 0.493 e. The van der Waals surface area contributed by atoms with Gasteiger partial charge in [-0.25, -0.2) is 0 Å². The number of carbonyl (C=O) groups excluding carboxylic acids is 1. The maximum atomic E-state index is 12.2. The monoisotopic (exact) mass is 299 g/mol. The Hall–Kier alpha value is -2.49. The molecule has 0 aliphatic carbocycles. The molecule has 0 aliphatic rings. The van der Waals surface area contributed by atoms with Crippen LogP contribution in [0, 0.1) is 0 Å². The molecule has 22 heavy (non-hydrogen) atoms. The summed E-state index contributed by atoms with van der Waals surface area (Å²) < 4.78 is 10.4. The van der Waals surface area contributed by atoms with Gasteiger partial charge >= 0.3 is 0 Å². The lowest BCUT2D eigenvalue weighted by atomic mass is 9.97. The molecule has 0 bridgehead atoms. The molecule has 0 fully saturated rings. The van der Waals surface area contributed by atoms with Crippen LogP contribution < -0.4 is 14.8 Å². The van der Waals surface area contributed by atoms with E-state index >= 15 is 0 Å². The van der Waals surface area contributed by atoms with Crippen molar-refractivity contribution in [3.63, 3.8) is 0 Å². The highest BCUT2D eigenvalue weighted by atomic mass is 16.5. The second-order valence-corrected chi connectivity index (χ2v) is 5.13. The third-order valence-electron chi connectivity index (χ3n) is 3.53. The zero-order chi connectivity index (χ0) is 15.9. The number of anilines is 1. The second kappa shape index (κ2) is 7.50. The molecule has 0 saturated heterocycles. The minimum absolute atomic E-state index is 0.0245. The van der Waals surface area contributed by atoms with Gasteiger partial charge in [-0.1, -0.05) is 37.3 Å². The summed E-state index contributed by atoms with van der Waals surface area (Å²) in [6, 6.07) is 15.3. The molecular weight excluding hydrogens is 278 g/mol. The average molecular weight is 299 g/mol. The molecule has 116 valence electrons. The lowest BCUT2D eigenvalue weighted by molar-refractivity contribution is -0.116. The SMILES string of the molecule is COc1ccc(NC(=O)C[C@@H](C)c2ccccc2)cc1OC. The Morgan fingerprint density at radius 3 is 2.36 bits per heavy atom. The normalized spacial score (nSPS) is 11.6. The summed E-state index contributed by atoms with van der Waals surface area (Å²) in [6.07, 6.45) is 0.429. The molecule has 0 aliphatic heterocycles. The lowest BCUT2D eigenvalue weighted by Crippen LogP contribution is -2.14. The third-order valence-corrected chi connectivity index (χ3v) is 3.53. The van der Waals surface area contributed by atoms with Crippen molar-refractivity contribution >= 4 is 11.6 Å². The van der Waals surface area contributed by atoms with Crippen LogP contribution in [0.5, 0.6) is 11.5 Å². The first-order chi connectivity index (χ1) is 10.6. The van der Waals surface area contributed by atoms with E-state index < -0.39 is 0 Å². The van der Waals surface area contributed by atoms with Gasteiger partial charge in [0.15, 0.2) is 11.5 Å². The van der Waals surface area contributed by atoms with Gasteiger partial charge in [0.2, 0.25) is 5.91 Å². The van der Waals surface area contributed by atoms with E-state index in [1.807, 2.05) is 37.3 Å². The summed E-state index contributed by atoms with van der Waals surface area (Å²) in [5.74, 6) is 1.37. The third kappa shape index (κ3) is 4.01. The topological polar surface area (TPSA) is 47.6 Å². The Kier molecular flexibility index (Phi) is 5.42. The molecule has 2 aromatic carbocycles. The summed E-state index contributed by atoms with van der Waals surface area (Å²) in [5, 5.41) is 2.89. The van der Waals surface area contributed by atoms with Crippen LogP contribution in [0.1, 0.15) is 24.8 Å². The molecule has 1 N–H and O–H groups in total. The summed E-state index contributed by atoms with van der Waals surface area (Å²) in [7, 11) is 3.15. The smallest absolute Gasteiger partial charge is 0.224 e. The second-order valence-electron chi connectivity index (χ2n) is 5.13. The highest BCUT2D eigenvalue weighted by Crippen LogP contribution is 2.30. The van der Waals surface area contributed by atoms with Gasteiger partial charge in [-0.05, 0) is 23.6 Å². The van der Waals surface area contributed by atoms with Crippen LogP contribution in [0.3, 0.4) is 0 Å². The fraction of sp³-hybridized carbons (Fsp3) is 0.278. The first-order valence-electron chi connectivity index (χ1n) is 7.21. The molecule has 0 aromatic heterocycles. The summed E-state index contributed by atoms with van der Waals surface area (Å²) >= 11 is 0. The van der Waals surface area contributed by atoms with Crippen LogP contribution in [0.2, 0.25) is 0 Å². The number of hydrogen-bond donors (Lipinski definition) is 1. The van der Waals surface area contributed by atoms with Crippen molar-refractivity contribution in [3.8, 4) is 11.5 Å². The Bertz CT molecular complexity index is 625. The van der Waals surface area contributed by atoms with E-state index in [4.69, 9.17) is 9.47 Å². The Balaban J connectivity index is 2.00. The number of nitrogens with one attached hydrogen (secondary N) is 1. The van der Waals surface area contributed by atoms with Crippen molar-refractivity contribution in [1.82, 2.24) is 0 Å². The predicted molar refractivity (Wildman–Crippen MR) is 87.6 cm³/mol. The van der Waals surface area contributed by atoms with Crippen LogP contribution in [0.15, 0.2) is 48.5 Å². The van der Waals surface area contributed by atoms with Crippen LogP contribution in [0.25, 0.3) is 0 Å². The Morgan fingerprint density at radius 2 is 1.73 bits per heavy atom. The first-order valence-corrected chi connectivity index (χ1v) is 7.21. The van der Waals surface area contributed by atoms with Crippen LogP contribution in [-0.2, 0) is 4.79 Å². The molecule has 2 aromatic rings. The molecule has 0 heterocycles. The van der Waals surface area contributed by atoms with E-state index in [0.717, 1.165) is 5.56 Å². The molecular formula is C18H21NO3. The summed E-state index contributed by atoms with van der Waals surface area (Å²) in [6.45, 7) is 2.05. The number of amides is 1. The maximum absolute atomic E-state index is 12.2. The number of methoxy groups -OCH3 is 2. The van der Waals surface area contributed by atoms with E-state index in [-0.39, 0.29) is 11.8 Å². The highest BCUT2D eigenvalue weighted by molar-refractivity contribution is 5.91. The molecule has 1 atom stereocenters. The van der Waals surface area contributed by atoms with Crippen molar-refractivity contribution in [2.24, 2.45) is 0 Å². The molecule has 1 amide bonds. The van der Waals surface area contributed by atoms with E-state index in [9.17, 15) is 4.79 Å². The van der Waals surface area contributed by atoms with Gasteiger partial charge in [0, 0.05) is 18.2 Å². The molecule has 4 heteroatoms. The van der Waals surface area contributed by atoms with Crippen molar-refractivity contribution in [1.29, 1.82) is 0 Å². The molecule has 0 unspecified atom stereocenters. The van der Waals surface area contributed by atoms with Crippen LogP contribution >= 0.6 is 0 Å². The van der Waals surface area contributed by atoms with Crippen molar-refractivity contribution in [2.75, 3.05) is 19.5 Å². The molecule has 2 rings (SSSR count). The number of hydrogen-bond acceptors (Lipinski definition) is 3. The number of rotatable bonds is 6. The van der Waals surface area contributed by atoms with Gasteiger partial charge in [0.1, 0.15) is 0 Å². The van der Waals surface area contributed by atoms with E-state index in [1.54, 1.807) is 32.4 Å².